The van der Waals surface area contributed by atoms with Gasteiger partial charge in [-0.25, -0.2) is 0 Å². The second-order valence-corrected chi connectivity index (χ2v) is 5.08. The van der Waals surface area contributed by atoms with Crippen LogP contribution in [0.4, 0.5) is 11.4 Å². The predicted molar refractivity (Wildman–Crippen MR) is 82.0 cm³/mol. The zero-order valence-electron chi connectivity index (χ0n) is 11.0. The van der Waals surface area contributed by atoms with Crippen LogP contribution in [0.15, 0.2) is 52.3 Å². The van der Waals surface area contributed by atoms with Crippen molar-refractivity contribution < 1.29 is 4.79 Å². The van der Waals surface area contributed by atoms with Gasteiger partial charge in [-0.3, -0.25) is 9.59 Å². The van der Waals surface area contributed by atoms with Gasteiger partial charge in [0.15, 0.2) is 0 Å². The Morgan fingerprint density at radius 2 is 1.95 bits per heavy atom. The van der Waals surface area contributed by atoms with E-state index in [1.165, 1.54) is 22.9 Å². The van der Waals surface area contributed by atoms with Crippen LogP contribution < -0.4 is 16.6 Å². The molecule has 0 atom stereocenters. The lowest BCUT2D eigenvalue weighted by atomic mass is 10.3. The summed E-state index contributed by atoms with van der Waals surface area (Å²) in [5.74, 6) is -0.269. The van der Waals surface area contributed by atoms with Crippen LogP contribution in [0.25, 0.3) is 0 Å². The van der Waals surface area contributed by atoms with Gasteiger partial charge in [-0.15, -0.1) is 11.8 Å². The number of nitrogens with two attached hydrogens (primary N) is 1. The Morgan fingerprint density at radius 3 is 2.60 bits per heavy atom. The molecule has 1 amide bonds. The van der Waals surface area contributed by atoms with Crippen LogP contribution >= 0.6 is 11.8 Å². The molecule has 0 fully saturated rings. The van der Waals surface area contributed by atoms with Crippen LogP contribution in [0.2, 0.25) is 0 Å². The lowest BCUT2D eigenvalue weighted by Gasteiger charge is -2.08. The maximum atomic E-state index is 11.9. The van der Waals surface area contributed by atoms with Crippen molar-refractivity contribution in [2.45, 2.75) is 11.4 Å². The molecule has 6 heteroatoms. The van der Waals surface area contributed by atoms with Gasteiger partial charge in [0, 0.05) is 28.5 Å². The highest BCUT2D eigenvalue weighted by Crippen LogP contribution is 2.17. The highest BCUT2D eigenvalue weighted by Gasteiger charge is 2.05. The van der Waals surface area contributed by atoms with Crippen LogP contribution in [-0.4, -0.2) is 16.7 Å². The molecule has 0 radical (unpaired) electrons. The summed E-state index contributed by atoms with van der Waals surface area (Å²) in [6, 6.07) is 10.4. The number of carbonyl (C=O) groups excluding carboxylic acids is 1. The molecule has 0 aliphatic rings. The average Bonchev–Trinajstić information content (AvgIpc) is 2.43. The summed E-state index contributed by atoms with van der Waals surface area (Å²) < 4.78 is 1.28. The van der Waals surface area contributed by atoms with Crippen LogP contribution in [0, 0.1) is 0 Å². The van der Waals surface area contributed by atoms with Crippen LogP contribution in [-0.2, 0) is 11.3 Å². The molecule has 20 heavy (non-hydrogen) atoms. The molecule has 0 aliphatic carbocycles. The molecule has 1 heterocycles. The first kappa shape index (κ1) is 14.2. The Balaban J connectivity index is 2.04. The van der Waals surface area contributed by atoms with Crippen LogP contribution in [0.1, 0.15) is 0 Å². The minimum Gasteiger partial charge on any atom is -0.398 e. The number of anilines is 2. The summed E-state index contributed by atoms with van der Waals surface area (Å²) in [7, 11) is 0. The SMILES string of the molecule is CSc1ccc(NC(=O)Cn2cc(N)ccc2=O)cc1. The number of rotatable bonds is 4. The monoisotopic (exact) mass is 289 g/mol. The number of amides is 1. The van der Waals surface area contributed by atoms with Crippen LogP contribution in [0.5, 0.6) is 0 Å². The highest BCUT2D eigenvalue weighted by molar-refractivity contribution is 7.98. The fraction of sp³-hybridized carbons (Fsp3) is 0.143. The zero-order chi connectivity index (χ0) is 14.5. The number of nitrogens with one attached hydrogen (secondary N) is 1. The van der Waals surface area contributed by atoms with Gasteiger partial charge >= 0.3 is 0 Å². The topological polar surface area (TPSA) is 77.1 Å². The van der Waals surface area contributed by atoms with E-state index in [1.807, 2.05) is 30.5 Å². The maximum absolute atomic E-state index is 11.9. The molecule has 104 valence electrons. The van der Waals surface area contributed by atoms with E-state index in [4.69, 9.17) is 5.73 Å². The van der Waals surface area contributed by atoms with Crippen molar-refractivity contribution in [1.29, 1.82) is 0 Å². The predicted octanol–water partition coefficient (Wildman–Crippen LogP) is 1.79. The average molecular weight is 289 g/mol. The zero-order valence-corrected chi connectivity index (χ0v) is 11.8. The fourth-order valence-corrected chi connectivity index (χ4v) is 2.11. The van der Waals surface area contributed by atoms with Gasteiger partial charge in [-0.1, -0.05) is 0 Å². The minimum atomic E-state index is -0.269. The standard InChI is InChI=1S/C14H15N3O2S/c1-20-12-5-3-11(4-6-12)16-13(18)9-17-8-10(15)2-7-14(17)19/h2-8H,9,15H2,1H3,(H,16,18). The first-order valence-electron chi connectivity index (χ1n) is 5.98. The first-order valence-corrected chi connectivity index (χ1v) is 7.21. The summed E-state index contributed by atoms with van der Waals surface area (Å²) in [6.07, 6.45) is 3.44. The van der Waals surface area contributed by atoms with Gasteiger partial charge in [0.05, 0.1) is 0 Å². The van der Waals surface area contributed by atoms with E-state index in [0.717, 1.165) is 4.90 Å². The van der Waals surface area contributed by atoms with Gasteiger partial charge in [-0.2, -0.15) is 0 Å². The third kappa shape index (κ3) is 3.64. The number of nitrogen functional groups attached to an aromatic ring is 1. The number of aromatic nitrogens is 1. The van der Waals surface area contributed by atoms with E-state index in [-0.39, 0.29) is 18.0 Å². The molecule has 0 unspecified atom stereocenters. The Bertz CT molecular complexity index is 665. The normalized spacial score (nSPS) is 10.2. The number of hydrogen-bond donors (Lipinski definition) is 2. The molecule has 1 aromatic heterocycles. The summed E-state index contributed by atoms with van der Waals surface area (Å²) in [6.45, 7) is -0.0614. The van der Waals surface area contributed by atoms with E-state index >= 15 is 0 Å². The van der Waals surface area contributed by atoms with Gasteiger partial charge in [0.1, 0.15) is 6.54 Å². The minimum absolute atomic E-state index is 0.0614. The molecule has 2 aromatic rings. The third-order valence-electron chi connectivity index (χ3n) is 2.69. The smallest absolute Gasteiger partial charge is 0.251 e. The summed E-state index contributed by atoms with van der Waals surface area (Å²) in [4.78, 5) is 24.6. The molecule has 0 aliphatic heterocycles. The molecule has 0 saturated carbocycles. The van der Waals surface area contributed by atoms with Crippen molar-refractivity contribution in [3.63, 3.8) is 0 Å². The first-order chi connectivity index (χ1) is 9.58. The van der Waals surface area contributed by atoms with Crippen molar-refractivity contribution in [2.24, 2.45) is 0 Å². The summed E-state index contributed by atoms with van der Waals surface area (Å²) >= 11 is 1.63. The molecule has 0 saturated heterocycles. The summed E-state index contributed by atoms with van der Waals surface area (Å²) in [5.41, 5.74) is 6.48. The van der Waals surface area contributed by atoms with Gasteiger partial charge < -0.3 is 15.6 Å². The van der Waals surface area contributed by atoms with E-state index in [1.54, 1.807) is 11.8 Å². The molecule has 2 rings (SSSR count). The van der Waals surface area contributed by atoms with E-state index in [2.05, 4.69) is 5.32 Å². The number of hydrogen-bond acceptors (Lipinski definition) is 4. The Morgan fingerprint density at radius 1 is 1.25 bits per heavy atom. The summed E-state index contributed by atoms with van der Waals surface area (Å²) in [5, 5.41) is 2.74. The third-order valence-corrected chi connectivity index (χ3v) is 3.44. The number of nitrogens with zero attached hydrogens (tertiary/aromatic N) is 1. The van der Waals surface area contributed by atoms with Crippen molar-refractivity contribution in [3.05, 3.63) is 52.9 Å². The number of carbonyl (C=O) groups is 1. The lowest BCUT2D eigenvalue weighted by Crippen LogP contribution is -2.26. The molecule has 5 nitrogen and oxygen atoms in total. The van der Waals surface area contributed by atoms with Crippen LogP contribution in [0.3, 0.4) is 0 Å². The lowest BCUT2D eigenvalue weighted by molar-refractivity contribution is -0.116. The maximum Gasteiger partial charge on any atom is 0.251 e. The second kappa shape index (κ2) is 6.29. The molecule has 1 aromatic carbocycles. The quantitative estimate of drug-likeness (QED) is 0.841. The molecule has 0 bridgehead atoms. The molecule has 0 spiro atoms. The van der Waals surface area contributed by atoms with Gasteiger partial charge in [-0.05, 0) is 36.6 Å². The van der Waals surface area contributed by atoms with Gasteiger partial charge in [0.2, 0.25) is 5.91 Å². The Labute approximate surface area is 120 Å². The van der Waals surface area contributed by atoms with Crippen molar-refractivity contribution in [1.82, 2.24) is 4.57 Å². The van der Waals surface area contributed by atoms with E-state index < -0.39 is 0 Å². The highest BCUT2D eigenvalue weighted by atomic mass is 32.2. The molecular weight excluding hydrogens is 274 g/mol. The second-order valence-electron chi connectivity index (χ2n) is 4.21. The number of benzene rings is 1. The molecular formula is C14H15N3O2S. The fourth-order valence-electron chi connectivity index (χ4n) is 1.70. The van der Waals surface area contributed by atoms with Crippen molar-refractivity contribution in [2.75, 3.05) is 17.3 Å². The van der Waals surface area contributed by atoms with E-state index in [0.29, 0.717) is 11.4 Å². The van der Waals surface area contributed by atoms with Gasteiger partial charge in [0.25, 0.3) is 5.56 Å². The largest absolute Gasteiger partial charge is 0.398 e. The van der Waals surface area contributed by atoms with Crippen molar-refractivity contribution >= 4 is 29.0 Å². The van der Waals surface area contributed by atoms with E-state index in [9.17, 15) is 9.59 Å². The Kier molecular flexibility index (Phi) is 4.47. The number of pyridine rings is 1. The Hall–Kier alpha value is -2.21. The van der Waals surface area contributed by atoms with Crippen molar-refractivity contribution in [3.8, 4) is 0 Å². The number of thioether (sulfide) groups is 1. The molecule has 3 N–H and O–H groups in total.